The van der Waals surface area contributed by atoms with Crippen molar-refractivity contribution in [3.63, 3.8) is 0 Å². The molecule has 0 aliphatic carbocycles. The number of nitrogens with one attached hydrogen (secondary N) is 1. The minimum Gasteiger partial charge on any atom is -0.379 e. The molecule has 1 aromatic carbocycles. The number of ether oxygens (including phenoxy) is 2. The van der Waals surface area contributed by atoms with Crippen LogP contribution in [-0.4, -0.2) is 39.5 Å². The number of benzene rings is 1. The summed E-state index contributed by atoms with van der Waals surface area (Å²) >= 11 is 0. The molecule has 0 aliphatic heterocycles. The van der Waals surface area contributed by atoms with Crippen molar-refractivity contribution in [3.8, 4) is 0 Å². The van der Waals surface area contributed by atoms with Crippen LogP contribution >= 0.6 is 0 Å². The Morgan fingerprint density at radius 2 is 1.79 bits per heavy atom. The van der Waals surface area contributed by atoms with E-state index < -0.39 is 0 Å². The predicted molar refractivity (Wildman–Crippen MR) is 73.8 cm³/mol. The van der Waals surface area contributed by atoms with Gasteiger partial charge in [-0.15, -0.1) is 0 Å². The molecule has 0 saturated carbocycles. The molecule has 104 valence electrons. The molecular weight excluding hydrogens is 244 g/mol. The predicted octanol–water partition coefficient (Wildman–Crippen LogP) is 2.12. The van der Waals surface area contributed by atoms with E-state index in [4.69, 9.17) is 15.0 Å². The van der Waals surface area contributed by atoms with Crippen LogP contribution in [0.4, 0.5) is 0 Å². The Morgan fingerprint density at radius 1 is 1.05 bits per heavy atom. The van der Waals surface area contributed by atoms with E-state index in [0.717, 1.165) is 13.1 Å². The summed E-state index contributed by atoms with van der Waals surface area (Å²) in [7, 11) is 0. The monoisotopic (exact) mass is 264 g/mol. The van der Waals surface area contributed by atoms with Crippen LogP contribution in [0.3, 0.4) is 0 Å². The molecular formula is C13H20N4O2. The molecule has 0 atom stereocenters. The molecule has 1 N–H and O–H groups in total. The normalized spacial score (nSPS) is 10.1. The van der Waals surface area contributed by atoms with E-state index in [0.29, 0.717) is 33.0 Å². The Kier molecular flexibility index (Phi) is 9.36. The van der Waals surface area contributed by atoms with Crippen molar-refractivity contribution in [2.24, 2.45) is 5.11 Å². The fourth-order valence-electron chi connectivity index (χ4n) is 1.44. The highest BCUT2D eigenvalue weighted by Gasteiger charge is 1.92. The molecule has 1 aromatic rings. The molecule has 1 rings (SSSR count). The van der Waals surface area contributed by atoms with Crippen molar-refractivity contribution in [1.82, 2.24) is 5.32 Å². The Morgan fingerprint density at radius 3 is 2.53 bits per heavy atom. The quantitative estimate of drug-likeness (QED) is 0.288. The van der Waals surface area contributed by atoms with Gasteiger partial charge in [0.2, 0.25) is 0 Å². The van der Waals surface area contributed by atoms with Crippen LogP contribution in [0.15, 0.2) is 35.4 Å². The highest BCUT2D eigenvalue weighted by molar-refractivity contribution is 5.14. The topological polar surface area (TPSA) is 79.3 Å². The number of hydrogen-bond acceptors (Lipinski definition) is 4. The van der Waals surface area contributed by atoms with Gasteiger partial charge in [-0.1, -0.05) is 35.4 Å². The van der Waals surface area contributed by atoms with Gasteiger partial charge in [-0.3, -0.25) is 0 Å². The van der Waals surface area contributed by atoms with Gasteiger partial charge in [0.15, 0.2) is 0 Å². The highest BCUT2D eigenvalue weighted by Crippen LogP contribution is 1.96. The van der Waals surface area contributed by atoms with E-state index in [2.05, 4.69) is 27.5 Å². The number of nitrogens with zero attached hydrogens (tertiary/aromatic N) is 3. The molecule has 6 heteroatoms. The maximum Gasteiger partial charge on any atom is 0.0701 e. The molecule has 0 spiro atoms. The van der Waals surface area contributed by atoms with Crippen molar-refractivity contribution < 1.29 is 9.47 Å². The van der Waals surface area contributed by atoms with Crippen LogP contribution in [0.5, 0.6) is 0 Å². The van der Waals surface area contributed by atoms with E-state index in [9.17, 15) is 0 Å². The smallest absolute Gasteiger partial charge is 0.0701 e. The molecule has 0 heterocycles. The van der Waals surface area contributed by atoms with Gasteiger partial charge >= 0.3 is 0 Å². The fraction of sp³-hybridized carbons (Fsp3) is 0.538. The molecule has 0 amide bonds. The molecule has 0 radical (unpaired) electrons. The van der Waals surface area contributed by atoms with Crippen LogP contribution < -0.4 is 5.32 Å². The summed E-state index contributed by atoms with van der Waals surface area (Å²) in [5, 5.41) is 6.66. The molecule has 19 heavy (non-hydrogen) atoms. The van der Waals surface area contributed by atoms with E-state index in [1.165, 1.54) is 5.56 Å². The second-order valence-corrected chi connectivity index (χ2v) is 3.84. The van der Waals surface area contributed by atoms with Crippen LogP contribution in [0.2, 0.25) is 0 Å². The lowest BCUT2D eigenvalue weighted by Crippen LogP contribution is -2.20. The van der Waals surface area contributed by atoms with Crippen molar-refractivity contribution in [2.75, 3.05) is 39.5 Å². The number of rotatable bonds is 11. The lowest BCUT2D eigenvalue weighted by Gasteiger charge is -2.06. The SMILES string of the molecule is [N-]=[N+]=NCCOCCOCCNCc1ccccc1. The Labute approximate surface area is 113 Å². The summed E-state index contributed by atoms with van der Waals surface area (Å²) in [6.07, 6.45) is 0. The second kappa shape index (κ2) is 11.5. The first-order valence-electron chi connectivity index (χ1n) is 6.34. The minimum atomic E-state index is 0.370. The number of azide groups is 1. The Hall–Kier alpha value is -1.59. The third-order valence-corrected chi connectivity index (χ3v) is 2.37. The van der Waals surface area contributed by atoms with Gasteiger partial charge in [0.05, 0.1) is 26.4 Å². The Bertz CT molecular complexity index is 366. The first-order chi connectivity index (χ1) is 9.43. The number of hydrogen-bond donors (Lipinski definition) is 1. The maximum atomic E-state index is 8.04. The van der Waals surface area contributed by atoms with E-state index in [-0.39, 0.29) is 0 Å². The van der Waals surface area contributed by atoms with Crippen LogP contribution in [0.25, 0.3) is 10.4 Å². The van der Waals surface area contributed by atoms with Crippen molar-refractivity contribution in [3.05, 3.63) is 46.3 Å². The van der Waals surface area contributed by atoms with E-state index >= 15 is 0 Å². The third-order valence-electron chi connectivity index (χ3n) is 2.37. The zero-order valence-corrected chi connectivity index (χ0v) is 11.0. The van der Waals surface area contributed by atoms with Gasteiger partial charge in [0.1, 0.15) is 0 Å². The highest BCUT2D eigenvalue weighted by atomic mass is 16.5. The fourth-order valence-corrected chi connectivity index (χ4v) is 1.44. The average Bonchev–Trinajstić information content (AvgIpc) is 2.46. The zero-order chi connectivity index (χ0) is 13.6. The second-order valence-electron chi connectivity index (χ2n) is 3.84. The average molecular weight is 264 g/mol. The molecule has 0 unspecified atom stereocenters. The van der Waals surface area contributed by atoms with E-state index in [1.807, 2.05) is 18.2 Å². The van der Waals surface area contributed by atoms with Gasteiger partial charge in [-0.2, -0.15) is 0 Å². The first kappa shape index (κ1) is 15.5. The molecule has 6 nitrogen and oxygen atoms in total. The first-order valence-corrected chi connectivity index (χ1v) is 6.34. The molecule has 0 aromatic heterocycles. The van der Waals surface area contributed by atoms with Crippen molar-refractivity contribution in [1.29, 1.82) is 0 Å². The van der Waals surface area contributed by atoms with Gasteiger partial charge in [0.25, 0.3) is 0 Å². The molecule has 0 bridgehead atoms. The van der Waals surface area contributed by atoms with Gasteiger partial charge in [-0.25, -0.2) is 0 Å². The molecule has 0 fully saturated rings. The van der Waals surface area contributed by atoms with Crippen molar-refractivity contribution >= 4 is 0 Å². The van der Waals surface area contributed by atoms with Crippen LogP contribution in [0.1, 0.15) is 5.56 Å². The summed E-state index contributed by atoms with van der Waals surface area (Å²) in [4.78, 5) is 2.63. The van der Waals surface area contributed by atoms with Crippen molar-refractivity contribution in [2.45, 2.75) is 6.54 Å². The standard InChI is InChI=1S/C13H20N4O2/c14-17-16-7-9-19-11-10-18-8-6-15-12-13-4-2-1-3-5-13/h1-5,15H,6-12H2. The van der Waals surface area contributed by atoms with Gasteiger partial charge < -0.3 is 14.8 Å². The molecule has 0 saturated heterocycles. The summed E-state index contributed by atoms with van der Waals surface area (Å²) in [5.74, 6) is 0. The largest absolute Gasteiger partial charge is 0.379 e. The Balaban J connectivity index is 1.82. The maximum absolute atomic E-state index is 8.04. The van der Waals surface area contributed by atoms with Gasteiger partial charge in [0, 0.05) is 24.5 Å². The van der Waals surface area contributed by atoms with Crippen LogP contribution in [0, 0.1) is 0 Å². The summed E-state index contributed by atoms with van der Waals surface area (Å²) < 4.78 is 10.6. The zero-order valence-electron chi connectivity index (χ0n) is 11.0. The van der Waals surface area contributed by atoms with Crippen LogP contribution in [-0.2, 0) is 16.0 Å². The lowest BCUT2D eigenvalue weighted by molar-refractivity contribution is 0.0518. The third kappa shape index (κ3) is 9.04. The minimum absolute atomic E-state index is 0.370. The summed E-state index contributed by atoms with van der Waals surface area (Å²) in [6.45, 7) is 4.23. The molecule has 0 aliphatic rings. The lowest BCUT2D eigenvalue weighted by atomic mass is 10.2. The summed E-state index contributed by atoms with van der Waals surface area (Å²) in [6, 6.07) is 10.2. The summed E-state index contributed by atoms with van der Waals surface area (Å²) in [5.41, 5.74) is 9.31. The van der Waals surface area contributed by atoms with Gasteiger partial charge in [-0.05, 0) is 11.1 Å². The van der Waals surface area contributed by atoms with E-state index in [1.54, 1.807) is 0 Å².